The fraction of sp³-hybridized carbons (Fsp3) is 0.833. The van der Waals surface area contributed by atoms with Gasteiger partial charge in [0.05, 0.1) is 5.75 Å². The van der Waals surface area contributed by atoms with Crippen LogP contribution in [0.5, 0.6) is 0 Å². The first kappa shape index (κ1) is 16.3. The molecular formula is C12H23NO3S. The van der Waals surface area contributed by atoms with Crippen molar-refractivity contribution in [3.05, 3.63) is 0 Å². The van der Waals surface area contributed by atoms with E-state index in [-0.39, 0.29) is 23.7 Å². The molecule has 0 aliphatic rings. The lowest BCUT2D eigenvalue weighted by atomic mass is 10.2. The number of carbonyl (C=O) groups is 2. The van der Waals surface area contributed by atoms with E-state index >= 15 is 0 Å². The van der Waals surface area contributed by atoms with Crippen LogP contribution in [0.2, 0.25) is 0 Å². The predicted octanol–water partition coefficient (Wildman–Crippen LogP) is 2.23. The van der Waals surface area contributed by atoms with Crippen molar-refractivity contribution >= 4 is 23.6 Å². The lowest BCUT2D eigenvalue weighted by Gasteiger charge is -2.31. The lowest BCUT2D eigenvalue weighted by molar-refractivity contribution is -0.138. The van der Waals surface area contributed by atoms with Crippen LogP contribution in [-0.2, 0) is 9.59 Å². The van der Waals surface area contributed by atoms with Crippen LogP contribution in [0.3, 0.4) is 0 Å². The first-order valence-corrected chi connectivity index (χ1v) is 6.76. The van der Waals surface area contributed by atoms with E-state index in [1.807, 2.05) is 27.7 Å². The minimum atomic E-state index is -0.921. The zero-order chi connectivity index (χ0) is 13.8. The zero-order valence-corrected chi connectivity index (χ0v) is 12.3. The molecule has 0 atom stereocenters. The predicted molar refractivity (Wildman–Crippen MR) is 71.3 cm³/mol. The summed E-state index contributed by atoms with van der Waals surface area (Å²) in [6.07, 6.45) is 0. The lowest BCUT2D eigenvalue weighted by Crippen LogP contribution is -2.44. The zero-order valence-electron chi connectivity index (χ0n) is 11.5. The van der Waals surface area contributed by atoms with Gasteiger partial charge in [-0.15, -0.1) is 11.8 Å². The number of carboxylic acids is 1. The van der Waals surface area contributed by atoms with Crippen molar-refractivity contribution in [3.63, 3.8) is 0 Å². The fourth-order valence-electron chi connectivity index (χ4n) is 1.55. The summed E-state index contributed by atoms with van der Waals surface area (Å²) in [4.78, 5) is 24.7. The number of carbonyl (C=O) groups excluding carboxylic acids is 1. The fourth-order valence-corrected chi connectivity index (χ4v) is 2.31. The third-order valence-electron chi connectivity index (χ3n) is 2.47. The molecule has 0 aliphatic carbocycles. The van der Waals surface area contributed by atoms with Crippen LogP contribution in [0.25, 0.3) is 0 Å². The van der Waals surface area contributed by atoms with Gasteiger partial charge in [-0.05, 0) is 41.5 Å². The van der Waals surface area contributed by atoms with Gasteiger partial charge in [-0.25, -0.2) is 0 Å². The van der Waals surface area contributed by atoms with E-state index in [4.69, 9.17) is 5.11 Å². The maximum atomic E-state index is 12.0. The Balaban J connectivity index is 4.49. The monoisotopic (exact) mass is 261 g/mol. The second-order valence-corrected chi connectivity index (χ2v) is 6.69. The Bertz CT molecular complexity index is 279. The molecule has 0 fully saturated rings. The number of amides is 1. The Morgan fingerprint density at radius 2 is 1.59 bits per heavy atom. The number of rotatable bonds is 6. The van der Waals surface area contributed by atoms with E-state index in [0.29, 0.717) is 0 Å². The molecule has 0 aromatic heterocycles. The minimum absolute atomic E-state index is 0.00525. The number of hydrogen-bond acceptors (Lipinski definition) is 3. The topological polar surface area (TPSA) is 57.6 Å². The third-order valence-corrected chi connectivity index (χ3v) is 3.76. The summed E-state index contributed by atoms with van der Waals surface area (Å²) >= 11 is 1.17. The molecule has 0 heterocycles. The van der Waals surface area contributed by atoms with Gasteiger partial charge in [-0.2, -0.15) is 0 Å². The molecule has 0 saturated heterocycles. The highest BCUT2D eigenvalue weighted by atomic mass is 32.2. The van der Waals surface area contributed by atoms with E-state index in [2.05, 4.69) is 0 Å². The normalized spacial score (nSPS) is 12.0. The standard InChI is InChI=1S/C12H23NO3S/c1-8(2)13(9(3)4)10(14)7-17-12(5,6)11(15)16/h8-9H,7H2,1-6H3,(H,15,16). The molecular weight excluding hydrogens is 238 g/mol. The molecule has 5 heteroatoms. The highest BCUT2D eigenvalue weighted by molar-refractivity contribution is 8.01. The van der Waals surface area contributed by atoms with Crippen LogP contribution in [0, 0.1) is 0 Å². The molecule has 4 nitrogen and oxygen atoms in total. The molecule has 17 heavy (non-hydrogen) atoms. The second kappa shape index (κ2) is 6.28. The Hall–Kier alpha value is -0.710. The average molecular weight is 261 g/mol. The van der Waals surface area contributed by atoms with Crippen molar-refractivity contribution in [1.29, 1.82) is 0 Å². The number of nitrogens with zero attached hydrogens (tertiary/aromatic N) is 1. The van der Waals surface area contributed by atoms with Crippen molar-refractivity contribution in [1.82, 2.24) is 4.90 Å². The Labute approximate surface area is 108 Å². The molecule has 0 rings (SSSR count). The summed E-state index contributed by atoms with van der Waals surface area (Å²) in [5.74, 6) is -0.694. The van der Waals surface area contributed by atoms with Crippen LogP contribution in [0.1, 0.15) is 41.5 Å². The van der Waals surface area contributed by atoms with Crippen molar-refractivity contribution in [2.75, 3.05) is 5.75 Å². The SMILES string of the molecule is CC(C)N(C(=O)CSC(C)(C)C(=O)O)C(C)C. The highest BCUT2D eigenvalue weighted by Crippen LogP contribution is 2.25. The van der Waals surface area contributed by atoms with Gasteiger partial charge in [0, 0.05) is 12.1 Å². The molecule has 0 unspecified atom stereocenters. The van der Waals surface area contributed by atoms with Crippen LogP contribution < -0.4 is 0 Å². The molecule has 0 aromatic carbocycles. The van der Waals surface area contributed by atoms with Gasteiger partial charge < -0.3 is 10.0 Å². The first-order valence-electron chi connectivity index (χ1n) is 5.78. The highest BCUT2D eigenvalue weighted by Gasteiger charge is 2.30. The van der Waals surface area contributed by atoms with Crippen LogP contribution >= 0.6 is 11.8 Å². The number of aliphatic carboxylic acids is 1. The third kappa shape index (κ3) is 4.98. The largest absolute Gasteiger partial charge is 0.480 e. The van der Waals surface area contributed by atoms with Gasteiger partial charge in [-0.3, -0.25) is 9.59 Å². The van der Waals surface area contributed by atoms with Crippen molar-refractivity contribution < 1.29 is 14.7 Å². The van der Waals surface area contributed by atoms with Crippen molar-refractivity contribution in [2.24, 2.45) is 0 Å². The van der Waals surface area contributed by atoms with Crippen molar-refractivity contribution in [2.45, 2.75) is 58.4 Å². The molecule has 0 spiro atoms. The maximum absolute atomic E-state index is 12.0. The second-order valence-electron chi connectivity index (χ2n) is 5.09. The van der Waals surface area contributed by atoms with Gasteiger partial charge in [-0.1, -0.05) is 0 Å². The first-order chi connectivity index (χ1) is 7.59. The Morgan fingerprint density at radius 1 is 1.18 bits per heavy atom. The molecule has 0 saturated carbocycles. The van der Waals surface area contributed by atoms with Crippen LogP contribution in [0.15, 0.2) is 0 Å². The van der Waals surface area contributed by atoms with Gasteiger partial charge in [0.2, 0.25) is 5.91 Å². The molecule has 100 valence electrons. The number of thioether (sulfide) groups is 1. The Kier molecular flexibility index (Phi) is 6.02. The molecule has 0 radical (unpaired) electrons. The summed E-state index contributed by atoms with van der Waals surface area (Å²) in [5, 5.41) is 8.97. The van der Waals surface area contributed by atoms with E-state index in [1.54, 1.807) is 18.7 Å². The smallest absolute Gasteiger partial charge is 0.319 e. The quantitative estimate of drug-likeness (QED) is 0.796. The van der Waals surface area contributed by atoms with Gasteiger partial charge in [0.15, 0.2) is 0 Å². The van der Waals surface area contributed by atoms with Gasteiger partial charge in [0.1, 0.15) is 4.75 Å². The number of hydrogen-bond donors (Lipinski definition) is 1. The summed E-state index contributed by atoms with van der Waals surface area (Å²) in [5.41, 5.74) is 0. The van der Waals surface area contributed by atoms with E-state index in [0.717, 1.165) is 0 Å². The van der Waals surface area contributed by atoms with Crippen LogP contribution in [-0.4, -0.2) is 44.5 Å². The summed E-state index contributed by atoms with van der Waals surface area (Å²) in [6, 6.07) is 0.270. The van der Waals surface area contributed by atoms with E-state index < -0.39 is 10.7 Å². The van der Waals surface area contributed by atoms with E-state index in [9.17, 15) is 9.59 Å². The van der Waals surface area contributed by atoms with Crippen molar-refractivity contribution in [3.8, 4) is 0 Å². The summed E-state index contributed by atoms with van der Waals surface area (Å²) < 4.78 is -0.921. The van der Waals surface area contributed by atoms with Gasteiger partial charge >= 0.3 is 5.97 Å². The average Bonchev–Trinajstić information content (AvgIpc) is 2.13. The Morgan fingerprint density at radius 3 is 1.88 bits per heavy atom. The maximum Gasteiger partial charge on any atom is 0.319 e. The van der Waals surface area contributed by atoms with Gasteiger partial charge in [0.25, 0.3) is 0 Å². The molecule has 0 bridgehead atoms. The molecule has 1 N–H and O–H groups in total. The summed E-state index contributed by atoms with van der Waals surface area (Å²) in [7, 11) is 0. The summed E-state index contributed by atoms with van der Waals surface area (Å²) in [6.45, 7) is 11.1. The molecule has 1 amide bonds. The number of carboxylic acid groups (broad SMARTS) is 1. The minimum Gasteiger partial charge on any atom is -0.480 e. The molecule has 0 aliphatic heterocycles. The van der Waals surface area contributed by atoms with Crippen LogP contribution in [0.4, 0.5) is 0 Å². The molecule has 0 aromatic rings. The van der Waals surface area contributed by atoms with E-state index in [1.165, 1.54) is 11.8 Å².